The van der Waals surface area contributed by atoms with E-state index in [1.54, 1.807) is 12.1 Å². The average Bonchev–Trinajstić information content (AvgIpc) is 3.38. The summed E-state index contributed by atoms with van der Waals surface area (Å²) in [6.45, 7) is 3.58. The van der Waals surface area contributed by atoms with Gasteiger partial charge in [0.2, 0.25) is 5.16 Å². The molecule has 2 N–H and O–H groups in total. The summed E-state index contributed by atoms with van der Waals surface area (Å²) in [7, 11) is 0. The molecular weight excluding hydrogens is 450 g/mol. The highest BCUT2D eigenvalue weighted by molar-refractivity contribution is 7.98. The van der Waals surface area contributed by atoms with Gasteiger partial charge in [-0.3, -0.25) is 0 Å². The summed E-state index contributed by atoms with van der Waals surface area (Å²) >= 11 is 1.33. The maximum atomic E-state index is 12.3. The molecular formula is C21H22F2N8OS. The van der Waals surface area contributed by atoms with Gasteiger partial charge < -0.3 is 10.6 Å². The van der Waals surface area contributed by atoms with Crippen molar-refractivity contribution in [1.29, 1.82) is 0 Å². The van der Waals surface area contributed by atoms with E-state index in [1.807, 2.05) is 12.1 Å². The fraction of sp³-hybridized carbons (Fsp3) is 0.286. The lowest BCUT2D eigenvalue weighted by Crippen LogP contribution is -2.13. The number of nitrogens with two attached hydrogens (primary N) is 1. The molecule has 172 valence electrons. The second kappa shape index (κ2) is 9.14. The number of thioether (sulfide) groups is 1. The number of aromatic nitrogens is 7. The Bertz CT molecular complexity index is 1220. The van der Waals surface area contributed by atoms with Crippen molar-refractivity contribution in [2.75, 3.05) is 5.84 Å². The largest absolute Gasteiger partial charge is 0.435 e. The van der Waals surface area contributed by atoms with E-state index in [0.717, 1.165) is 5.56 Å². The molecule has 0 unspecified atom stereocenters. The minimum atomic E-state index is -2.88. The number of nitrogen functional groups attached to an aromatic ring is 1. The number of rotatable bonds is 7. The van der Waals surface area contributed by atoms with Gasteiger partial charge in [0.1, 0.15) is 5.75 Å². The molecule has 0 aliphatic carbocycles. The molecule has 2 heterocycles. The Labute approximate surface area is 192 Å². The Morgan fingerprint density at radius 1 is 1.00 bits per heavy atom. The van der Waals surface area contributed by atoms with Crippen molar-refractivity contribution in [1.82, 2.24) is 35.1 Å². The molecule has 0 spiro atoms. The lowest BCUT2D eigenvalue weighted by Gasteiger charge is -2.19. The van der Waals surface area contributed by atoms with Crippen molar-refractivity contribution in [3.05, 3.63) is 59.9 Å². The maximum Gasteiger partial charge on any atom is 0.387 e. The van der Waals surface area contributed by atoms with Crippen molar-refractivity contribution < 1.29 is 13.5 Å². The van der Waals surface area contributed by atoms with E-state index in [0.29, 0.717) is 28.2 Å². The minimum absolute atomic E-state index is 0.0518. The quantitative estimate of drug-likeness (QED) is 0.319. The van der Waals surface area contributed by atoms with Gasteiger partial charge >= 0.3 is 6.61 Å². The molecule has 0 saturated heterocycles. The molecule has 0 fully saturated rings. The fourth-order valence-electron chi connectivity index (χ4n) is 3.09. The monoisotopic (exact) mass is 472 g/mol. The van der Waals surface area contributed by atoms with E-state index in [2.05, 4.69) is 63.4 Å². The van der Waals surface area contributed by atoms with Gasteiger partial charge in [-0.1, -0.05) is 56.8 Å². The lowest BCUT2D eigenvalue weighted by molar-refractivity contribution is -0.0498. The van der Waals surface area contributed by atoms with Gasteiger partial charge in [0.25, 0.3) is 0 Å². The zero-order chi connectivity index (χ0) is 23.6. The number of nitrogens with zero attached hydrogens (tertiary/aromatic N) is 7. The van der Waals surface area contributed by atoms with Crippen LogP contribution in [0, 0.1) is 0 Å². The standard InChI is InChI=1S/C21H22F2N8OS/c1-21(2,3)14-6-4-13(5-7-14)18-26-27-20(30(18)24)33-12-17-25-28-29-31(17)15-8-10-16(11-9-15)32-19(22)23/h4-11,19H,12,24H2,1-3H3. The van der Waals surface area contributed by atoms with E-state index in [-0.39, 0.29) is 11.2 Å². The van der Waals surface area contributed by atoms with Crippen LogP contribution in [-0.4, -0.2) is 41.7 Å². The van der Waals surface area contributed by atoms with Crippen LogP contribution < -0.4 is 10.6 Å². The van der Waals surface area contributed by atoms with Crippen molar-refractivity contribution in [3.63, 3.8) is 0 Å². The van der Waals surface area contributed by atoms with Crippen LogP contribution in [0.1, 0.15) is 32.2 Å². The topological polar surface area (TPSA) is 110 Å². The van der Waals surface area contributed by atoms with Crippen molar-refractivity contribution in [2.45, 2.75) is 43.7 Å². The third kappa shape index (κ3) is 5.11. The van der Waals surface area contributed by atoms with Crippen LogP contribution >= 0.6 is 11.8 Å². The van der Waals surface area contributed by atoms with Gasteiger partial charge in [-0.15, -0.1) is 15.3 Å². The summed E-state index contributed by atoms with van der Waals surface area (Å²) in [5.41, 5.74) is 2.73. The molecule has 4 aromatic rings. The predicted octanol–water partition coefficient (Wildman–Crippen LogP) is 3.83. The molecule has 12 heteroatoms. The highest BCUT2D eigenvalue weighted by atomic mass is 32.2. The van der Waals surface area contributed by atoms with E-state index in [4.69, 9.17) is 5.84 Å². The third-order valence-corrected chi connectivity index (χ3v) is 5.78. The van der Waals surface area contributed by atoms with Crippen LogP contribution in [0.4, 0.5) is 8.78 Å². The molecule has 0 aliphatic heterocycles. The predicted molar refractivity (Wildman–Crippen MR) is 120 cm³/mol. The molecule has 0 saturated carbocycles. The number of alkyl halides is 2. The van der Waals surface area contributed by atoms with E-state index in [9.17, 15) is 8.78 Å². The van der Waals surface area contributed by atoms with Crippen LogP contribution in [0.2, 0.25) is 0 Å². The van der Waals surface area contributed by atoms with Gasteiger partial charge in [-0.05, 0) is 45.7 Å². The van der Waals surface area contributed by atoms with E-state index in [1.165, 1.54) is 38.8 Å². The SMILES string of the molecule is CC(C)(C)c1ccc(-c2nnc(SCc3nnnn3-c3ccc(OC(F)F)cc3)n2N)cc1. The molecule has 33 heavy (non-hydrogen) atoms. The summed E-state index contributed by atoms with van der Waals surface area (Å²) in [6, 6.07) is 14.1. The summed E-state index contributed by atoms with van der Waals surface area (Å²) in [5, 5.41) is 20.6. The third-order valence-electron chi connectivity index (χ3n) is 4.84. The molecule has 0 atom stereocenters. The van der Waals surface area contributed by atoms with Gasteiger partial charge in [-0.2, -0.15) is 13.5 Å². The molecule has 0 aliphatic rings. The van der Waals surface area contributed by atoms with Crippen LogP contribution in [0.5, 0.6) is 5.75 Å². The summed E-state index contributed by atoms with van der Waals surface area (Å²) in [4.78, 5) is 0. The Kier molecular flexibility index (Phi) is 6.27. The summed E-state index contributed by atoms with van der Waals surface area (Å²) in [5.74, 6) is 7.73. The number of hydrogen-bond acceptors (Lipinski definition) is 8. The van der Waals surface area contributed by atoms with Crippen LogP contribution in [-0.2, 0) is 11.2 Å². The maximum absolute atomic E-state index is 12.3. The number of hydrogen-bond donors (Lipinski definition) is 1. The van der Waals surface area contributed by atoms with Gasteiger partial charge in [-0.25, -0.2) is 4.68 Å². The summed E-state index contributed by atoms with van der Waals surface area (Å²) in [6.07, 6.45) is 0. The van der Waals surface area contributed by atoms with Crippen molar-refractivity contribution in [2.24, 2.45) is 0 Å². The van der Waals surface area contributed by atoms with Crippen molar-refractivity contribution >= 4 is 11.8 Å². The molecule has 2 aromatic heterocycles. The van der Waals surface area contributed by atoms with E-state index >= 15 is 0 Å². The Balaban J connectivity index is 1.47. The Hall–Kier alpha value is -3.54. The lowest BCUT2D eigenvalue weighted by atomic mass is 9.87. The zero-order valence-corrected chi connectivity index (χ0v) is 19.0. The van der Waals surface area contributed by atoms with Gasteiger partial charge in [0, 0.05) is 5.56 Å². The first-order valence-corrected chi connectivity index (χ1v) is 11.0. The van der Waals surface area contributed by atoms with Gasteiger partial charge in [0.15, 0.2) is 11.6 Å². The average molecular weight is 473 g/mol. The smallest absolute Gasteiger partial charge is 0.387 e. The number of halogens is 2. The summed E-state index contributed by atoms with van der Waals surface area (Å²) < 4.78 is 32.0. The second-order valence-electron chi connectivity index (χ2n) is 8.17. The van der Waals surface area contributed by atoms with Crippen LogP contribution in [0.3, 0.4) is 0 Å². The number of benzene rings is 2. The van der Waals surface area contributed by atoms with Crippen LogP contribution in [0.25, 0.3) is 17.1 Å². The highest BCUT2D eigenvalue weighted by Crippen LogP contribution is 2.27. The highest BCUT2D eigenvalue weighted by Gasteiger charge is 2.17. The number of tetrazole rings is 1. The molecule has 0 bridgehead atoms. The number of ether oxygens (including phenoxy) is 1. The molecule has 9 nitrogen and oxygen atoms in total. The zero-order valence-electron chi connectivity index (χ0n) is 18.2. The fourth-order valence-corrected chi connectivity index (χ4v) is 3.85. The van der Waals surface area contributed by atoms with Gasteiger partial charge in [0.05, 0.1) is 11.4 Å². The van der Waals surface area contributed by atoms with E-state index < -0.39 is 6.61 Å². The Morgan fingerprint density at radius 2 is 1.70 bits per heavy atom. The first kappa shape index (κ1) is 22.6. The first-order valence-electron chi connectivity index (χ1n) is 9.99. The minimum Gasteiger partial charge on any atom is -0.435 e. The molecule has 4 rings (SSSR count). The normalized spacial score (nSPS) is 11.8. The first-order chi connectivity index (χ1) is 15.7. The Morgan fingerprint density at radius 3 is 2.33 bits per heavy atom. The second-order valence-corrected chi connectivity index (χ2v) is 9.11. The molecule has 0 radical (unpaired) electrons. The van der Waals surface area contributed by atoms with Crippen molar-refractivity contribution in [3.8, 4) is 22.8 Å². The molecule has 0 amide bonds. The molecule has 2 aromatic carbocycles. The van der Waals surface area contributed by atoms with Crippen LogP contribution in [0.15, 0.2) is 53.7 Å².